The topological polar surface area (TPSA) is 29.3 Å². The standard InChI is InChI=1S/C16H28N2/c1-3-10-18(11-15-4-5-15)13-16(12-17)8-6-14(2)7-9-16/h1,14-15H,4-13,17H2,2H3. The lowest BCUT2D eigenvalue weighted by Crippen LogP contribution is -2.45. The summed E-state index contributed by atoms with van der Waals surface area (Å²) >= 11 is 0. The maximum Gasteiger partial charge on any atom is 0.0599 e. The van der Waals surface area contributed by atoms with Crippen LogP contribution in [-0.2, 0) is 0 Å². The van der Waals surface area contributed by atoms with Gasteiger partial charge >= 0.3 is 0 Å². The molecule has 0 aromatic rings. The van der Waals surface area contributed by atoms with E-state index in [2.05, 4.69) is 17.7 Å². The van der Waals surface area contributed by atoms with E-state index in [0.29, 0.717) is 5.41 Å². The van der Waals surface area contributed by atoms with E-state index in [1.165, 1.54) is 45.1 Å². The highest BCUT2D eigenvalue weighted by molar-refractivity contribution is 4.95. The second kappa shape index (κ2) is 6.08. The molecule has 0 saturated heterocycles. The zero-order valence-corrected chi connectivity index (χ0v) is 11.8. The first-order chi connectivity index (χ1) is 8.67. The van der Waals surface area contributed by atoms with Crippen LogP contribution in [0.3, 0.4) is 0 Å². The van der Waals surface area contributed by atoms with Crippen molar-refractivity contribution in [3.05, 3.63) is 0 Å². The van der Waals surface area contributed by atoms with Gasteiger partial charge in [-0.05, 0) is 49.5 Å². The first-order valence-electron chi connectivity index (χ1n) is 7.53. The summed E-state index contributed by atoms with van der Waals surface area (Å²) in [6.07, 6.45) is 13.6. The lowest BCUT2D eigenvalue weighted by molar-refractivity contribution is 0.0995. The third-order valence-corrected chi connectivity index (χ3v) is 4.86. The van der Waals surface area contributed by atoms with Crippen LogP contribution < -0.4 is 5.73 Å². The van der Waals surface area contributed by atoms with Gasteiger partial charge in [-0.2, -0.15) is 0 Å². The Kier molecular flexibility index (Phi) is 4.70. The summed E-state index contributed by atoms with van der Waals surface area (Å²) < 4.78 is 0. The van der Waals surface area contributed by atoms with Crippen molar-refractivity contribution < 1.29 is 0 Å². The van der Waals surface area contributed by atoms with Crippen LogP contribution in [0.15, 0.2) is 0 Å². The second-order valence-corrected chi connectivity index (χ2v) is 6.70. The molecule has 0 aromatic heterocycles. The number of nitrogens with zero attached hydrogens (tertiary/aromatic N) is 1. The van der Waals surface area contributed by atoms with Crippen molar-refractivity contribution >= 4 is 0 Å². The highest BCUT2D eigenvalue weighted by Gasteiger charge is 2.35. The Hall–Kier alpha value is -0.520. The van der Waals surface area contributed by atoms with E-state index in [1.807, 2.05) is 0 Å². The van der Waals surface area contributed by atoms with Crippen molar-refractivity contribution in [2.24, 2.45) is 23.0 Å². The summed E-state index contributed by atoms with van der Waals surface area (Å²) in [6, 6.07) is 0. The molecule has 2 rings (SSSR count). The monoisotopic (exact) mass is 248 g/mol. The molecule has 0 aromatic carbocycles. The Labute approximate surface area is 112 Å². The zero-order valence-electron chi connectivity index (χ0n) is 11.8. The number of hydrogen-bond donors (Lipinski definition) is 1. The van der Waals surface area contributed by atoms with Crippen LogP contribution in [0.2, 0.25) is 0 Å². The molecule has 0 bridgehead atoms. The van der Waals surface area contributed by atoms with Gasteiger partial charge in [-0.15, -0.1) is 6.42 Å². The minimum atomic E-state index is 0.345. The summed E-state index contributed by atoms with van der Waals surface area (Å²) in [6.45, 7) is 6.31. The Morgan fingerprint density at radius 3 is 2.44 bits per heavy atom. The third-order valence-electron chi connectivity index (χ3n) is 4.86. The van der Waals surface area contributed by atoms with Crippen molar-refractivity contribution in [1.82, 2.24) is 4.90 Å². The molecule has 0 spiro atoms. The van der Waals surface area contributed by atoms with Crippen LogP contribution in [-0.4, -0.2) is 31.1 Å². The number of terminal acetylenes is 1. The van der Waals surface area contributed by atoms with Crippen molar-refractivity contribution in [2.75, 3.05) is 26.2 Å². The van der Waals surface area contributed by atoms with Gasteiger partial charge in [-0.1, -0.05) is 25.7 Å². The molecule has 2 aliphatic carbocycles. The predicted octanol–water partition coefficient (Wildman–Crippen LogP) is 2.49. The van der Waals surface area contributed by atoms with E-state index in [1.54, 1.807) is 0 Å². The van der Waals surface area contributed by atoms with Crippen LogP contribution in [0.4, 0.5) is 0 Å². The van der Waals surface area contributed by atoms with Crippen molar-refractivity contribution in [3.8, 4) is 12.3 Å². The van der Waals surface area contributed by atoms with Crippen LogP contribution >= 0.6 is 0 Å². The molecule has 2 aliphatic rings. The van der Waals surface area contributed by atoms with Crippen LogP contribution in [0.25, 0.3) is 0 Å². The van der Waals surface area contributed by atoms with E-state index >= 15 is 0 Å². The second-order valence-electron chi connectivity index (χ2n) is 6.70. The van der Waals surface area contributed by atoms with Gasteiger partial charge in [-0.25, -0.2) is 0 Å². The average Bonchev–Trinajstić information content (AvgIpc) is 3.17. The fourth-order valence-electron chi connectivity index (χ4n) is 3.26. The Bertz CT molecular complexity index is 293. The third kappa shape index (κ3) is 3.73. The molecule has 0 radical (unpaired) electrons. The molecule has 0 atom stereocenters. The molecular formula is C16H28N2. The van der Waals surface area contributed by atoms with E-state index < -0.39 is 0 Å². The van der Waals surface area contributed by atoms with Gasteiger partial charge in [0.05, 0.1) is 6.54 Å². The Morgan fingerprint density at radius 1 is 1.28 bits per heavy atom. The van der Waals surface area contributed by atoms with E-state index in [0.717, 1.165) is 31.5 Å². The molecule has 2 N–H and O–H groups in total. The van der Waals surface area contributed by atoms with E-state index in [-0.39, 0.29) is 0 Å². The molecular weight excluding hydrogens is 220 g/mol. The molecule has 2 fully saturated rings. The van der Waals surface area contributed by atoms with Gasteiger partial charge in [0.1, 0.15) is 0 Å². The van der Waals surface area contributed by atoms with Crippen molar-refractivity contribution in [1.29, 1.82) is 0 Å². The van der Waals surface area contributed by atoms with Gasteiger partial charge < -0.3 is 5.73 Å². The van der Waals surface area contributed by atoms with Gasteiger partial charge in [-0.3, -0.25) is 4.90 Å². The van der Waals surface area contributed by atoms with Crippen molar-refractivity contribution in [3.63, 3.8) is 0 Å². The quantitative estimate of drug-likeness (QED) is 0.732. The molecule has 0 unspecified atom stereocenters. The molecule has 18 heavy (non-hydrogen) atoms. The lowest BCUT2D eigenvalue weighted by Gasteiger charge is -2.41. The summed E-state index contributed by atoms with van der Waals surface area (Å²) in [5.74, 6) is 4.62. The van der Waals surface area contributed by atoms with E-state index in [9.17, 15) is 0 Å². The lowest BCUT2D eigenvalue weighted by atomic mass is 9.70. The molecule has 0 amide bonds. The molecule has 102 valence electrons. The van der Waals surface area contributed by atoms with Gasteiger partial charge in [0.25, 0.3) is 0 Å². The maximum atomic E-state index is 6.10. The Morgan fingerprint density at radius 2 is 1.94 bits per heavy atom. The van der Waals surface area contributed by atoms with Crippen LogP contribution in [0, 0.1) is 29.6 Å². The normalized spacial score (nSPS) is 32.4. The fraction of sp³-hybridized carbons (Fsp3) is 0.875. The van der Waals surface area contributed by atoms with Crippen LogP contribution in [0.5, 0.6) is 0 Å². The Balaban J connectivity index is 1.91. The SMILES string of the molecule is C#CCN(CC1CC1)CC1(CN)CCC(C)CC1. The number of nitrogens with two attached hydrogens (primary N) is 1. The first kappa shape index (κ1) is 13.9. The summed E-state index contributed by atoms with van der Waals surface area (Å²) in [4.78, 5) is 2.49. The van der Waals surface area contributed by atoms with Gasteiger partial charge in [0, 0.05) is 13.1 Å². The van der Waals surface area contributed by atoms with Gasteiger partial charge in [0.15, 0.2) is 0 Å². The molecule has 2 heteroatoms. The predicted molar refractivity (Wildman–Crippen MR) is 77.1 cm³/mol. The minimum Gasteiger partial charge on any atom is -0.330 e. The molecule has 2 saturated carbocycles. The smallest absolute Gasteiger partial charge is 0.0599 e. The van der Waals surface area contributed by atoms with Gasteiger partial charge in [0.2, 0.25) is 0 Å². The highest BCUT2D eigenvalue weighted by Crippen LogP contribution is 2.39. The maximum absolute atomic E-state index is 6.10. The summed E-state index contributed by atoms with van der Waals surface area (Å²) in [7, 11) is 0. The molecule has 0 heterocycles. The first-order valence-corrected chi connectivity index (χ1v) is 7.53. The number of rotatable bonds is 6. The zero-order chi connectivity index (χ0) is 13.0. The number of hydrogen-bond acceptors (Lipinski definition) is 2. The van der Waals surface area contributed by atoms with Crippen LogP contribution in [0.1, 0.15) is 45.4 Å². The minimum absolute atomic E-state index is 0.345. The highest BCUT2D eigenvalue weighted by atomic mass is 15.1. The van der Waals surface area contributed by atoms with E-state index in [4.69, 9.17) is 12.2 Å². The fourth-order valence-corrected chi connectivity index (χ4v) is 3.26. The largest absolute Gasteiger partial charge is 0.330 e. The summed E-state index contributed by atoms with van der Waals surface area (Å²) in [5, 5.41) is 0. The molecule has 0 aliphatic heterocycles. The average molecular weight is 248 g/mol. The van der Waals surface area contributed by atoms with Crippen molar-refractivity contribution in [2.45, 2.75) is 45.4 Å². The summed E-state index contributed by atoms with van der Waals surface area (Å²) in [5.41, 5.74) is 6.44. The molecule has 2 nitrogen and oxygen atoms in total.